The van der Waals surface area contributed by atoms with Crippen molar-refractivity contribution in [3.05, 3.63) is 63.3 Å². The Morgan fingerprint density at radius 2 is 1.62 bits per heavy atom. The standard InChI is InChI=1S/C24H23ClFN5O/c1-23-11-30(16-6-4-15(26)5-7-16)12-24(23,2)14-31(13-23)21-17(10-27)22(32)29(3)18-8-9-19(25)28-20(18)21/h4-9H,11-14H2,1-3H3/t23-,24+. The Morgan fingerprint density at radius 1 is 1.03 bits per heavy atom. The highest BCUT2D eigenvalue weighted by Gasteiger charge is 2.58. The predicted octanol–water partition coefficient (Wildman–Crippen LogP) is 3.95. The summed E-state index contributed by atoms with van der Waals surface area (Å²) in [5, 5.41) is 10.2. The molecule has 2 atom stereocenters. The van der Waals surface area contributed by atoms with Gasteiger partial charge in [0.2, 0.25) is 0 Å². The van der Waals surface area contributed by atoms with Crippen molar-refractivity contribution in [1.29, 1.82) is 5.26 Å². The highest BCUT2D eigenvalue weighted by molar-refractivity contribution is 6.29. The van der Waals surface area contributed by atoms with E-state index in [1.54, 1.807) is 19.2 Å². The molecule has 2 saturated heterocycles. The summed E-state index contributed by atoms with van der Waals surface area (Å²) in [7, 11) is 1.65. The van der Waals surface area contributed by atoms with Gasteiger partial charge in [0.15, 0.2) is 0 Å². The molecule has 0 bridgehead atoms. The molecule has 4 heterocycles. The van der Waals surface area contributed by atoms with Crippen molar-refractivity contribution in [2.75, 3.05) is 36.0 Å². The summed E-state index contributed by atoms with van der Waals surface area (Å²) >= 11 is 6.20. The van der Waals surface area contributed by atoms with Crippen molar-refractivity contribution in [3.8, 4) is 6.07 Å². The minimum atomic E-state index is -0.334. The molecule has 5 rings (SSSR count). The molecule has 2 fully saturated rings. The highest BCUT2D eigenvalue weighted by Crippen LogP contribution is 2.54. The van der Waals surface area contributed by atoms with Crippen LogP contribution in [0.25, 0.3) is 11.0 Å². The molecular formula is C24H23ClFN5O. The molecule has 3 aromatic rings. The molecule has 2 aliphatic rings. The third kappa shape index (κ3) is 2.90. The van der Waals surface area contributed by atoms with Gasteiger partial charge in [0.25, 0.3) is 5.56 Å². The number of pyridine rings is 2. The monoisotopic (exact) mass is 451 g/mol. The predicted molar refractivity (Wildman–Crippen MR) is 124 cm³/mol. The van der Waals surface area contributed by atoms with Gasteiger partial charge in [-0.15, -0.1) is 0 Å². The Kier molecular flexibility index (Phi) is 4.51. The minimum Gasteiger partial charge on any atom is -0.370 e. The Balaban J connectivity index is 1.58. The fraction of sp³-hybridized carbons (Fsp3) is 0.375. The zero-order valence-corrected chi connectivity index (χ0v) is 18.9. The van der Waals surface area contributed by atoms with Gasteiger partial charge in [0, 0.05) is 49.7 Å². The molecule has 0 N–H and O–H groups in total. The number of benzene rings is 1. The van der Waals surface area contributed by atoms with E-state index in [1.807, 2.05) is 12.1 Å². The second-order valence-corrected chi connectivity index (χ2v) is 9.90. The first-order valence-corrected chi connectivity index (χ1v) is 10.9. The molecular weight excluding hydrogens is 429 g/mol. The van der Waals surface area contributed by atoms with E-state index in [0.717, 1.165) is 18.8 Å². The number of fused-ring (bicyclic) bond motifs is 2. The second kappa shape index (κ2) is 6.94. The smallest absolute Gasteiger partial charge is 0.270 e. The number of aryl methyl sites for hydroxylation is 1. The summed E-state index contributed by atoms with van der Waals surface area (Å²) in [5.74, 6) is -0.246. The maximum atomic E-state index is 13.4. The van der Waals surface area contributed by atoms with Gasteiger partial charge < -0.3 is 14.4 Å². The second-order valence-electron chi connectivity index (χ2n) is 9.51. The summed E-state index contributed by atoms with van der Waals surface area (Å²) in [6, 6.07) is 12.1. The van der Waals surface area contributed by atoms with E-state index in [-0.39, 0.29) is 27.8 Å². The van der Waals surface area contributed by atoms with Crippen molar-refractivity contribution in [3.63, 3.8) is 0 Å². The molecule has 2 aliphatic heterocycles. The first-order chi connectivity index (χ1) is 15.2. The van der Waals surface area contributed by atoms with E-state index in [9.17, 15) is 14.4 Å². The van der Waals surface area contributed by atoms with Gasteiger partial charge in [0.1, 0.15) is 28.1 Å². The van der Waals surface area contributed by atoms with E-state index in [0.29, 0.717) is 35.0 Å². The van der Waals surface area contributed by atoms with Gasteiger partial charge in [-0.05, 0) is 36.4 Å². The Labute approximate surface area is 190 Å². The molecule has 0 spiro atoms. The normalized spacial score (nSPS) is 24.8. The molecule has 2 aromatic heterocycles. The summed E-state index contributed by atoms with van der Waals surface area (Å²) in [6.45, 7) is 7.42. The third-order valence-electron chi connectivity index (χ3n) is 7.42. The summed E-state index contributed by atoms with van der Waals surface area (Å²) in [5.41, 5.74) is 2.35. The van der Waals surface area contributed by atoms with E-state index in [1.165, 1.54) is 16.7 Å². The lowest BCUT2D eigenvalue weighted by Crippen LogP contribution is -2.34. The molecule has 164 valence electrons. The van der Waals surface area contributed by atoms with Gasteiger partial charge in [-0.25, -0.2) is 9.37 Å². The Morgan fingerprint density at radius 3 is 2.22 bits per heavy atom. The molecule has 6 nitrogen and oxygen atoms in total. The molecule has 0 saturated carbocycles. The van der Waals surface area contributed by atoms with Crippen LogP contribution in [-0.2, 0) is 7.05 Å². The number of hydrogen-bond donors (Lipinski definition) is 0. The molecule has 8 heteroatoms. The average Bonchev–Trinajstić information content (AvgIpc) is 3.14. The van der Waals surface area contributed by atoms with Crippen LogP contribution in [0.3, 0.4) is 0 Å². The van der Waals surface area contributed by atoms with Crippen LogP contribution in [0, 0.1) is 28.0 Å². The largest absolute Gasteiger partial charge is 0.370 e. The topological polar surface area (TPSA) is 65.2 Å². The fourth-order valence-corrected chi connectivity index (χ4v) is 5.58. The Bertz CT molecular complexity index is 1330. The number of nitrogens with zero attached hydrogens (tertiary/aromatic N) is 5. The maximum Gasteiger partial charge on any atom is 0.270 e. The molecule has 0 aliphatic carbocycles. The first-order valence-electron chi connectivity index (χ1n) is 10.5. The van der Waals surface area contributed by atoms with Crippen LogP contribution in [0.15, 0.2) is 41.2 Å². The van der Waals surface area contributed by atoms with Crippen LogP contribution in [0.5, 0.6) is 0 Å². The maximum absolute atomic E-state index is 13.4. The number of halogens is 2. The lowest BCUT2D eigenvalue weighted by molar-refractivity contribution is 0.212. The van der Waals surface area contributed by atoms with Gasteiger partial charge in [-0.2, -0.15) is 5.26 Å². The van der Waals surface area contributed by atoms with E-state index < -0.39 is 0 Å². The van der Waals surface area contributed by atoms with Crippen LogP contribution < -0.4 is 15.4 Å². The Hall–Kier alpha value is -3.11. The summed E-state index contributed by atoms with van der Waals surface area (Å²) in [4.78, 5) is 21.9. The van der Waals surface area contributed by atoms with Gasteiger partial charge in [-0.3, -0.25) is 4.79 Å². The SMILES string of the molecule is Cn1c(=O)c(C#N)c(N2C[C@]3(C)CN(c4ccc(F)cc4)C[C@]3(C)C2)c2nc(Cl)ccc21. The summed E-state index contributed by atoms with van der Waals surface area (Å²) < 4.78 is 14.8. The van der Waals surface area contributed by atoms with Gasteiger partial charge in [-0.1, -0.05) is 25.4 Å². The third-order valence-corrected chi connectivity index (χ3v) is 7.63. The van der Waals surface area contributed by atoms with Crippen molar-refractivity contribution >= 4 is 34.0 Å². The lowest BCUT2D eigenvalue weighted by Gasteiger charge is -2.30. The van der Waals surface area contributed by atoms with Crippen LogP contribution in [-0.4, -0.2) is 35.7 Å². The van der Waals surface area contributed by atoms with E-state index in [2.05, 4.69) is 34.7 Å². The van der Waals surface area contributed by atoms with Crippen LogP contribution in [0.2, 0.25) is 5.15 Å². The molecule has 0 radical (unpaired) electrons. The number of anilines is 2. The molecule has 0 unspecified atom stereocenters. The molecule has 0 amide bonds. The van der Waals surface area contributed by atoms with Crippen molar-refractivity contribution in [1.82, 2.24) is 9.55 Å². The van der Waals surface area contributed by atoms with E-state index >= 15 is 0 Å². The van der Waals surface area contributed by atoms with Crippen LogP contribution in [0.4, 0.5) is 15.8 Å². The lowest BCUT2D eigenvalue weighted by atomic mass is 9.71. The molecule has 1 aromatic carbocycles. The van der Waals surface area contributed by atoms with Crippen molar-refractivity contribution in [2.24, 2.45) is 17.9 Å². The zero-order valence-electron chi connectivity index (χ0n) is 18.2. The first kappa shape index (κ1) is 20.8. The minimum absolute atomic E-state index is 0.0948. The number of nitriles is 1. The average molecular weight is 452 g/mol. The number of rotatable bonds is 2. The van der Waals surface area contributed by atoms with Crippen molar-refractivity contribution < 1.29 is 4.39 Å². The molecule has 32 heavy (non-hydrogen) atoms. The number of aromatic nitrogens is 2. The number of hydrogen-bond acceptors (Lipinski definition) is 5. The van der Waals surface area contributed by atoms with Crippen LogP contribution >= 0.6 is 11.6 Å². The van der Waals surface area contributed by atoms with Crippen LogP contribution in [0.1, 0.15) is 19.4 Å². The van der Waals surface area contributed by atoms with Gasteiger partial charge in [0.05, 0.1) is 11.2 Å². The van der Waals surface area contributed by atoms with Crippen molar-refractivity contribution in [2.45, 2.75) is 13.8 Å². The zero-order chi connectivity index (χ0) is 22.8. The highest BCUT2D eigenvalue weighted by atomic mass is 35.5. The van der Waals surface area contributed by atoms with E-state index in [4.69, 9.17) is 11.6 Å². The van der Waals surface area contributed by atoms with Gasteiger partial charge >= 0.3 is 0 Å². The summed E-state index contributed by atoms with van der Waals surface area (Å²) in [6.07, 6.45) is 0. The fourth-order valence-electron chi connectivity index (χ4n) is 5.43. The quantitative estimate of drug-likeness (QED) is 0.552.